The number of nitrogens with zero attached hydrogens (tertiary/aromatic N) is 1. The van der Waals surface area contributed by atoms with E-state index in [9.17, 15) is 13.2 Å². The average molecular weight is 160 g/mol. The van der Waals surface area contributed by atoms with Gasteiger partial charge >= 0.3 is 0 Å². The van der Waals surface area contributed by atoms with Gasteiger partial charge in [-0.15, -0.1) is 0 Å². The minimum Gasteiger partial charge on any atom is -0.285 e. The quantitative estimate of drug-likeness (QED) is 0.557. The van der Waals surface area contributed by atoms with E-state index >= 15 is 0 Å². The van der Waals surface area contributed by atoms with E-state index in [2.05, 4.69) is 5.32 Å². The lowest BCUT2D eigenvalue weighted by Gasteiger charge is -1.99. The van der Waals surface area contributed by atoms with Gasteiger partial charge in [0.25, 0.3) is 0 Å². The van der Waals surface area contributed by atoms with Gasteiger partial charge < -0.3 is 0 Å². The maximum atomic E-state index is 12.6. The third kappa shape index (κ3) is 1.29. The van der Waals surface area contributed by atoms with Crippen molar-refractivity contribution in [3.8, 4) is 0 Å². The van der Waals surface area contributed by atoms with Crippen LogP contribution in [0.4, 0.5) is 18.9 Å². The second-order valence-electron chi connectivity index (χ2n) is 1.92. The van der Waals surface area contributed by atoms with Crippen LogP contribution in [0.15, 0.2) is 12.1 Å². The molecule has 4 heteroatoms. The molecule has 1 aromatic carbocycles. The molecular weight excluding hydrogens is 155 g/mol. The maximum absolute atomic E-state index is 12.6. The SMILES string of the molecule is C[N]c1ccc(F)c(F)c1F. The van der Waals surface area contributed by atoms with Crippen LogP contribution < -0.4 is 5.32 Å². The summed E-state index contributed by atoms with van der Waals surface area (Å²) in [4.78, 5) is 0. The largest absolute Gasteiger partial charge is 0.285 e. The first-order chi connectivity index (χ1) is 5.16. The zero-order valence-electron chi connectivity index (χ0n) is 5.74. The van der Waals surface area contributed by atoms with E-state index in [0.29, 0.717) is 0 Å². The molecule has 0 fully saturated rings. The molecule has 0 aliphatic rings. The molecule has 11 heavy (non-hydrogen) atoms. The van der Waals surface area contributed by atoms with Crippen LogP contribution in [-0.2, 0) is 0 Å². The van der Waals surface area contributed by atoms with Gasteiger partial charge in [-0.25, -0.2) is 13.2 Å². The van der Waals surface area contributed by atoms with Crippen LogP contribution >= 0.6 is 0 Å². The van der Waals surface area contributed by atoms with E-state index in [4.69, 9.17) is 0 Å². The average Bonchev–Trinajstić information content (AvgIpc) is 2.01. The summed E-state index contributed by atoms with van der Waals surface area (Å²) in [6, 6.07) is 1.91. The van der Waals surface area contributed by atoms with E-state index in [0.717, 1.165) is 12.1 Å². The van der Waals surface area contributed by atoms with Gasteiger partial charge in [0.05, 0.1) is 5.69 Å². The highest BCUT2D eigenvalue weighted by Gasteiger charge is 2.12. The van der Waals surface area contributed by atoms with Crippen LogP contribution in [0.1, 0.15) is 0 Å². The van der Waals surface area contributed by atoms with E-state index in [1.165, 1.54) is 7.05 Å². The number of hydrogen-bond acceptors (Lipinski definition) is 0. The van der Waals surface area contributed by atoms with Crippen molar-refractivity contribution >= 4 is 5.69 Å². The molecule has 0 amide bonds. The molecule has 0 N–H and O–H groups in total. The molecule has 0 saturated carbocycles. The Morgan fingerprint density at radius 3 is 2.27 bits per heavy atom. The molecule has 0 aliphatic heterocycles. The molecule has 0 atom stereocenters. The van der Waals surface area contributed by atoms with Crippen molar-refractivity contribution in [2.75, 3.05) is 7.05 Å². The predicted molar refractivity (Wildman–Crippen MR) is 34.0 cm³/mol. The van der Waals surface area contributed by atoms with E-state index in [1.54, 1.807) is 0 Å². The number of benzene rings is 1. The fraction of sp³-hybridized carbons (Fsp3) is 0.143. The molecule has 1 nitrogen and oxygen atoms in total. The van der Waals surface area contributed by atoms with Crippen LogP contribution in [0.3, 0.4) is 0 Å². The minimum absolute atomic E-state index is 0.177. The first kappa shape index (κ1) is 7.91. The molecule has 0 aromatic heterocycles. The van der Waals surface area contributed by atoms with Gasteiger partial charge in [-0.2, -0.15) is 0 Å². The summed E-state index contributed by atoms with van der Waals surface area (Å²) < 4.78 is 37.2. The zero-order chi connectivity index (χ0) is 8.43. The van der Waals surface area contributed by atoms with Gasteiger partial charge in [-0.05, 0) is 12.1 Å². The highest BCUT2D eigenvalue weighted by Crippen LogP contribution is 2.18. The molecule has 0 bridgehead atoms. The van der Waals surface area contributed by atoms with E-state index in [-0.39, 0.29) is 5.69 Å². The lowest BCUT2D eigenvalue weighted by atomic mass is 10.3. The van der Waals surface area contributed by atoms with Crippen LogP contribution in [-0.4, -0.2) is 7.05 Å². The van der Waals surface area contributed by atoms with E-state index < -0.39 is 17.5 Å². The summed E-state index contributed by atoms with van der Waals surface area (Å²) in [7, 11) is 1.30. The fourth-order valence-corrected chi connectivity index (χ4v) is 0.688. The molecule has 0 spiro atoms. The number of rotatable bonds is 1. The number of hydrogen-bond donors (Lipinski definition) is 0. The van der Waals surface area contributed by atoms with Gasteiger partial charge in [-0.3, -0.25) is 5.32 Å². The van der Waals surface area contributed by atoms with Crippen LogP contribution in [0.25, 0.3) is 0 Å². The summed E-state index contributed by atoms with van der Waals surface area (Å²) in [6.45, 7) is 0. The lowest BCUT2D eigenvalue weighted by molar-refractivity contribution is 0.446. The van der Waals surface area contributed by atoms with Gasteiger partial charge in [0.2, 0.25) is 0 Å². The third-order valence-corrected chi connectivity index (χ3v) is 1.26. The molecule has 0 unspecified atom stereocenters. The summed E-state index contributed by atoms with van der Waals surface area (Å²) in [6.07, 6.45) is 0. The topological polar surface area (TPSA) is 14.1 Å². The predicted octanol–water partition coefficient (Wildman–Crippen LogP) is 1.97. The van der Waals surface area contributed by atoms with Crippen LogP contribution in [0.5, 0.6) is 0 Å². The normalized spacial score (nSPS) is 9.82. The summed E-state index contributed by atoms with van der Waals surface area (Å²) in [5.74, 6) is -3.92. The summed E-state index contributed by atoms with van der Waals surface area (Å²) in [5.41, 5.74) is -0.177. The zero-order valence-corrected chi connectivity index (χ0v) is 5.74. The van der Waals surface area contributed by atoms with Crippen molar-refractivity contribution in [2.45, 2.75) is 0 Å². The Hall–Kier alpha value is -1.19. The molecule has 0 aliphatic carbocycles. The third-order valence-electron chi connectivity index (χ3n) is 1.26. The Labute approximate surface area is 61.8 Å². The van der Waals surface area contributed by atoms with Gasteiger partial charge in [0.15, 0.2) is 17.5 Å². The maximum Gasteiger partial charge on any atom is 0.196 e. The first-order valence-corrected chi connectivity index (χ1v) is 2.90. The molecule has 1 radical (unpaired) electrons. The standard InChI is InChI=1S/C7H5F3N/c1-11-5-3-2-4(8)6(9)7(5)10/h2-3H,1H3. The molecule has 0 saturated heterocycles. The molecular formula is C7H5F3N. The van der Waals surface area contributed by atoms with Crippen LogP contribution in [0, 0.1) is 17.5 Å². The van der Waals surface area contributed by atoms with E-state index in [1.807, 2.05) is 0 Å². The fourth-order valence-electron chi connectivity index (χ4n) is 0.688. The minimum atomic E-state index is -1.48. The van der Waals surface area contributed by atoms with Crippen molar-refractivity contribution in [1.29, 1.82) is 0 Å². The van der Waals surface area contributed by atoms with Crippen LogP contribution in [0.2, 0.25) is 0 Å². The second-order valence-corrected chi connectivity index (χ2v) is 1.92. The van der Waals surface area contributed by atoms with Crippen molar-refractivity contribution in [3.05, 3.63) is 29.6 Å². The highest BCUT2D eigenvalue weighted by atomic mass is 19.2. The molecule has 1 aromatic rings. The monoisotopic (exact) mass is 160 g/mol. The Bertz CT molecular complexity index is 273. The summed E-state index contributed by atoms with van der Waals surface area (Å²) in [5, 5.41) is 3.39. The van der Waals surface area contributed by atoms with Crippen molar-refractivity contribution in [3.63, 3.8) is 0 Å². The Kier molecular flexibility index (Phi) is 2.03. The summed E-state index contributed by atoms with van der Waals surface area (Å²) >= 11 is 0. The van der Waals surface area contributed by atoms with Gasteiger partial charge in [0.1, 0.15) is 0 Å². The van der Waals surface area contributed by atoms with Crippen molar-refractivity contribution < 1.29 is 13.2 Å². The Morgan fingerprint density at radius 2 is 1.73 bits per heavy atom. The first-order valence-electron chi connectivity index (χ1n) is 2.90. The molecule has 59 valence electrons. The van der Waals surface area contributed by atoms with Gasteiger partial charge in [-0.1, -0.05) is 0 Å². The second kappa shape index (κ2) is 2.82. The Balaban J connectivity index is 3.25. The molecule has 1 rings (SSSR count). The van der Waals surface area contributed by atoms with Gasteiger partial charge in [0, 0.05) is 7.05 Å². The van der Waals surface area contributed by atoms with Crippen molar-refractivity contribution in [2.24, 2.45) is 0 Å². The number of halogens is 3. The highest BCUT2D eigenvalue weighted by molar-refractivity contribution is 5.37. The Morgan fingerprint density at radius 1 is 1.09 bits per heavy atom. The smallest absolute Gasteiger partial charge is 0.196 e. The molecule has 0 heterocycles. The van der Waals surface area contributed by atoms with Crippen molar-refractivity contribution in [1.82, 2.24) is 5.32 Å². The lowest BCUT2D eigenvalue weighted by Crippen LogP contribution is -1.96.